The van der Waals surface area contributed by atoms with Crippen LogP contribution in [-0.4, -0.2) is 5.78 Å². The average molecular weight is 292 g/mol. The van der Waals surface area contributed by atoms with E-state index in [4.69, 9.17) is 16.0 Å². The molecule has 0 saturated heterocycles. The lowest BCUT2D eigenvalue weighted by Gasteiger charge is -1.93. The lowest BCUT2D eigenvalue weighted by atomic mass is 10.2. The van der Waals surface area contributed by atoms with Crippen molar-refractivity contribution >= 4 is 44.7 Å². The van der Waals surface area contributed by atoms with Gasteiger partial charge in [-0.25, -0.2) is 0 Å². The summed E-state index contributed by atoms with van der Waals surface area (Å²) in [7, 11) is 0. The van der Waals surface area contributed by atoms with Crippen LogP contribution >= 0.6 is 38.9 Å². The monoisotopic (exact) mass is 290 g/mol. The van der Waals surface area contributed by atoms with Gasteiger partial charge in [0.2, 0.25) is 5.78 Å². The molecule has 0 aliphatic carbocycles. The Bertz CT molecular complexity index is 475. The molecule has 0 N–H and O–H groups in total. The minimum absolute atomic E-state index is 0.185. The average Bonchev–Trinajstić information content (AvgIpc) is 2.73. The summed E-state index contributed by atoms with van der Waals surface area (Å²) in [5, 5.41) is 2.24. The van der Waals surface area contributed by atoms with Crippen molar-refractivity contribution in [3.05, 3.63) is 43.9 Å². The molecule has 0 aliphatic heterocycles. The molecule has 0 saturated carbocycles. The molecular formula is C9H4BrClO2S. The van der Waals surface area contributed by atoms with Crippen LogP contribution in [0.1, 0.15) is 15.4 Å². The third-order valence-electron chi connectivity index (χ3n) is 1.62. The molecule has 72 valence electrons. The Morgan fingerprint density at radius 1 is 1.43 bits per heavy atom. The highest BCUT2D eigenvalue weighted by Gasteiger charge is 2.17. The number of thiophene rings is 1. The van der Waals surface area contributed by atoms with Crippen LogP contribution in [0.15, 0.2) is 32.7 Å². The van der Waals surface area contributed by atoms with E-state index in [1.807, 2.05) is 0 Å². The molecule has 0 fully saturated rings. The molecule has 0 bridgehead atoms. The SMILES string of the molecule is O=C(c1ccc(Br)o1)c1sccc1Cl. The van der Waals surface area contributed by atoms with Gasteiger partial charge < -0.3 is 4.42 Å². The van der Waals surface area contributed by atoms with Crippen molar-refractivity contribution in [1.82, 2.24) is 0 Å². The van der Waals surface area contributed by atoms with Crippen molar-refractivity contribution < 1.29 is 9.21 Å². The van der Waals surface area contributed by atoms with Gasteiger partial charge >= 0.3 is 0 Å². The van der Waals surface area contributed by atoms with Crippen LogP contribution in [0.5, 0.6) is 0 Å². The first kappa shape index (κ1) is 9.96. The molecule has 0 radical (unpaired) electrons. The number of ketones is 1. The molecule has 0 amide bonds. The summed E-state index contributed by atoms with van der Waals surface area (Å²) in [5.41, 5.74) is 0. The molecule has 5 heteroatoms. The molecule has 0 aromatic carbocycles. The maximum absolute atomic E-state index is 11.8. The maximum atomic E-state index is 11.8. The van der Waals surface area contributed by atoms with Gasteiger partial charge in [-0.2, -0.15) is 0 Å². The molecule has 2 nitrogen and oxygen atoms in total. The number of hydrogen-bond acceptors (Lipinski definition) is 3. The van der Waals surface area contributed by atoms with E-state index in [0.717, 1.165) is 0 Å². The quantitative estimate of drug-likeness (QED) is 0.783. The molecule has 0 aliphatic rings. The van der Waals surface area contributed by atoms with Crippen molar-refractivity contribution in [1.29, 1.82) is 0 Å². The zero-order valence-corrected chi connectivity index (χ0v) is 9.95. The summed E-state index contributed by atoms with van der Waals surface area (Å²) >= 11 is 10.3. The second-order valence-electron chi connectivity index (χ2n) is 2.53. The highest BCUT2D eigenvalue weighted by Crippen LogP contribution is 2.26. The lowest BCUT2D eigenvalue weighted by Crippen LogP contribution is -1.96. The minimum atomic E-state index is -0.185. The number of carbonyl (C=O) groups excluding carboxylic acids is 1. The highest BCUT2D eigenvalue weighted by atomic mass is 79.9. The number of hydrogen-bond donors (Lipinski definition) is 0. The molecule has 2 heterocycles. The smallest absolute Gasteiger partial charge is 0.239 e. The predicted octanol–water partition coefficient (Wildman–Crippen LogP) is 3.99. The Labute approximate surface area is 97.6 Å². The summed E-state index contributed by atoms with van der Waals surface area (Å²) < 4.78 is 5.67. The fraction of sp³-hybridized carbons (Fsp3) is 0. The number of furan rings is 1. The van der Waals surface area contributed by atoms with Gasteiger partial charge in [0, 0.05) is 0 Å². The Hall–Kier alpha value is -0.580. The summed E-state index contributed by atoms with van der Waals surface area (Å²) in [5.74, 6) is 0.108. The van der Waals surface area contributed by atoms with Gasteiger partial charge in [-0.1, -0.05) is 11.6 Å². The molecule has 0 atom stereocenters. The van der Waals surface area contributed by atoms with E-state index in [0.29, 0.717) is 20.3 Å². The van der Waals surface area contributed by atoms with Gasteiger partial charge in [0.15, 0.2) is 10.4 Å². The Morgan fingerprint density at radius 2 is 2.21 bits per heavy atom. The van der Waals surface area contributed by atoms with Crippen molar-refractivity contribution in [2.75, 3.05) is 0 Å². The van der Waals surface area contributed by atoms with E-state index in [1.54, 1.807) is 23.6 Å². The first-order valence-electron chi connectivity index (χ1n) is 3.71. The van der Waals surface area contributed by atoms with E-state index in [-0.39, 0.29) is 5.78 Å². The highest BCUT2D eigenvalue weighted by molar-refractivity contribution is 9.10. The number of carbonyl (C=O) groups is 1. The first-order valence-corrected chi connectivity index (χ1v) is 5.76. The fourth-order valence-corrected chi connectivity index (χ4v) is 2.40. The number of rotatable bonds is 2. The van der Waals surface area contributed by atoms with Gasteiger partial charge in [0.1, 0.15) is 0 Å². The van der Waals surface area contributed by atoms with Crippen molar-refractivity contribution in [3.63, 3.8) is 0 Å². The summed E-state index contributed by atoms with van der Waals surface area (Å²) in [6, 6.07) is 4.98. The Balaban J connectivity index is 2.38. The molecule has 14 heavy (non-hydrogen) atoms. The van der Waals surface area contributed by atoms with E-state index in [1.165, 1.54) is 11.3 Å². The van der Waals surface area contributed by atoms with Crippen LogP contribution in [-0.2, 0) is 0 Å². The van der Waals surface area contributed by atoms with Crippen LogP contribution in [0.2, 0.25) is 5.02 Å². The summed E-state index contributed by atoms with van der Waals surface area (Å²) in [6.07, 6.45) is 0. The van der Waals surface area contributed by atoms with E-state index in [2.05, 4.69) is 15.9 Å². The van der Waals surface area contributed by atoms with E-state index >= 15 is 0 Å². The lowest BCUT2D eigenvalue weighted by molar-refractivity contribution is 0.101. The fourth-order valence-electron chi connectivity index (χ4n) is 1.00. The van der Waals surface area contributed by atoms with Gasteiger partial charge in [-0.05, 0) is 39.5 Å². The predicted molar refractivity (Wildman–Crippen MR) is 59.2 cm³/mol. The normalized spacial score (nSPS) is 10.4. The van der Waals surface area contributed by atoms with Gasteiger partial charge in [-0.3, -0.25) is 4.79 Å². The van der Waals surface area contributed by atoms with Gasteiger partial charge in [-0.15, -0.1) is 11.3 Å². The van der Waals surface area contributed by atoms with E-state index < -0.39 is 0 Å². The van der Waals surface area contributed by atoms with Gasteiger partial charge in [0.25, 0.3) is 0 Å². The molecule has 2 rings (SSSR count). The third kappa shape index (κ3) is 1.78. The van der Waals surface area contributed by atoms with Crippen LogP contribution in [0.4, 0.5) is 0 Å². The second kappa shape index (κ2) is 3.88. The largest absolute Gasteiger partial charge is 0.446 e. The number of halogens is 2. The van der Waals surface area contributed by atoms with Crippen molar-refractivity contribution in [3.8, 4) is 0 Å². The zero-order valence-electron chi connectivity index (χ0n) is 6.79. The standard InChI is InChI=1S/C9H4BrClO2S/c10-7-2-1-6(13-7)8(12)9-5(11)3-4-14-9/h1-4H. The zero-order chi connectivity index (χ0) is 10.1. The molecule has 2 aromatic rings. The third-order valence-corrected chi connectivity index (χ3v) is 3.39. The van der Waals surface area contributed by atoms with Gasteiger partial charge in [0.05, 0.1) is 9.90 Å². The molecule has 0 spiro atoms. The summed E-state index contributed by atoms with van der Waals surface area (Å²) in [6.45, 7) is 0. The Morgan fingerprint density at radius 3 is 2.71 bits per heavy atom. The molecular weight excluding hydrogens is 288 g/mol. The van der Waals surface area contributed by atoms with Crippen molar-refractivity contribution in [2.24, 2.45) is 0 Å². The Kier molecular flexibility index (Phi) is 2.76. The van der Waals surface area contributed by atoms with E-state index in [9.17, 15) is 4.79 Å². The topological polar surface area (TPSA) is 30.2 Å². The van der Waals surface area contributed by atoms with Crippen LogP contribution in [0.25, 0.3) is 0 Å². The minimum Gasteiger partial charge on any atom is -0.446 e. The first-order chi connectivity index (χ1) is 6.68. The van der Waals surface area contributed by atoms with Crippen molar-refractivity contribution in [2.45, 2.75) is 0 Å². The second-order valence-corrected chi connectivity index (χ2v) is 4.64. The van der Waals surface area contributed by atoms with Crippen LogP contribution < -0.4 is 0 Å². The molecule has 0 unspecified atom stereocenters. The molecule has 2 aromatic heterocycles. The summed E-state index contributed by atoms with van der Waals surface area (Å²) in [4.78, 5) is 12.3. The van der Waals surface area contributed by atoms with Crippen LogP contribution in [0, 0.1) is 0 Å². The van der Waals surface area contributed by atoms with Crippen LogP contribution in [0.3, 0.4) is 0 Å². The maximum Gasteiger partial charge on any atom is 0.239 e.